The number of aliphatic hydroxyl groups excluding tert-OH is 2. The number of benzene rings is 2. The number of nitrogens with one attached hydrogen (secondary N) is 1. The molecule has 0 amide bonds. The highest BCUT2D eigenvalue weighted by Crippen LogP contribution is 2.37. The van der Waals surface area contributed by atoms with Crippen LogP contribution in [0, 0.1) is 0 Å². The normalized spacial score (nSPS) is 25.0. The first-order valence-corrected chi connectivity index (χ1v) is 9.42. The van der Waals surface area contributed by atoms with Crippen molar-refractivity contribution in [3.8, 4) is 0 Å². The maximum absolute atomic E-state index is 12.8. The molecule has 3 N–H and O–H groups in total. The molecule has 29 heavy (non-hydrogen) atoms. The van der Waals surface area contributed by atoms with Crippen molar-refractivity contribution in [2.24, 2.45) is 7.05 Å². The molecule has 0 spiro atoms. The average molecular weight is 405 g/mol. The van der Waals surface area contributed by atoms with Crippen molar-refractivity contribution in [2.75, 3.05) is 0 Å². The maximum atomic E-state index is 12.8. The van der Waals surface area contributed by atoms with Crippen LogP contribution < -0.4 is 5.32 Å². The molecule has 1 aliphatic carbocycles. The van der Waals surface area contributed by atoms with Gasteiger partial charge in [-0.05, 0) is 36.2 Å². The number of hydrogen-bond donors (Lipinski definition) is 3. The third-order valence-electron chi connectivity index (χ3n) is 5.73. The number of aromatic nitrogens is 2. The number of para-hydroxylation sites is 2. The fourth-order valence-electron chi connectivity index (χ4n) is 4.11. The van der Waals surface area contributed by atoms with Crippen molar-refractivity contribution < 1.29 is 23.4 Å². The molecule has 0 unspecified atom stereocenters. The van der Waals surface area contributed by atoms with Crippen LogP contribution in [0.4, 0.5) is 13.2 Å². The van der Waals surface area contributed by atoms with Gasteiger partial charge in [-0.15, -0.1) is 0 Å². The monoisotopic (exact) mass is 405 g/mol. The van der Waals surface area contributed by atoms with Gasteiger partial charge in [0.25, 0.3) is 0 Å². The number of halogens is 3. The van der Waals surface area contributed by atoms with Gasteiger partial charge in [0.1, 0.15) is 5.82 Å². The van der Waals surface area contributed by atoms with E-state index in [2.05, 4.69) is 10.3 Å². The van der Waals surface area contributed by atoms with E-state index in [1.54, 1.807) is 0 Å². The van der Waals surface area contributed by atoms with Gasteiger partial charge >= 0.3 is 6.18 Å². The largest absolute Gasteiger partial charge is 0.416 e. The summed E-state index contributed by atoms with van der Waals surface area (Å²) in [4.78, 5) is 4.59. The highest BCUT2D eigenvalue weighted by molar-refractivity contribution is 5.75. The van der Waals surface area contributed by atoms with Gasteiger partial charge in [0, 0.05) is 19.0 Å². The minimum Gasteiger partial charge on any atom is -0.390 e. The van der Waals surface area contributed by atoms with Crippen LogP contribution in [0.3, 0.4) is 0 Å². The number of imidazole rings is 1. The van der Waals surface area contributed by atoms with Gasteiger partial charge in [-0.3, -0.25) is 0 Å². The Hall–Kier alpha value is -2.42. The highest BCUT2D eigenvalue weighted by atomic mass is 19.4. The van der Waals surface area contributed by atoms with Crippen LogP contribution in [0.5, 0.6) is 0 Å². The first-order chi connectivity index (χ1) is 13.8. The molecule has 4 atom stereocenters. The van der Waals surface area contributed by atoms with Crippen LogP contribution in [-0.2, 0) is 19.8 Å². The second-order valence-electron chi connectivity index (χ2n) is 7.50. The topological polar surface area (TPSA) is 70.3 Å². The summed E-state index contributed by atoms with van der Waals surface area (Å²) in [6, 6.07) is 12.1. The van der Waals surface area contributed by atoms with Gasteiger partial charge < -0.3 is 20.1 Å². The van der Waals surface area contributed by atoms with Gasteiger partial charge in [-0.1, -0.05) is 24.3 Å². The Morgan fingerprint density at radius 1 is 1.10 bits per heavy atom. The van der Waals surface area contributed by atoms with E-state index >= 15 is 0 Å². The van der Waals surface area contributed by atoms with Gasteiger partial charge in [-0.2, -0.15) is 13.2 Å². The number of hydrogen-bond acceptors (Lipinski definition) is 4. The summed E-state index contributed by atoms with van der Waals surface area (Å²) in [5.74, 6) is 0.461. The van der Waals surface area contributed by atoms with Crippen LogP contribution in [-0.4, -0.2) is 38.0 Å². The Balaban J connectivity index is 1.55. The van der Waals surface area contributed by atoms with Crippen LogP contribution in [0.25, 0.3) is 11.0 Å². The van der Waals surface area contributed by atoms with E-state index < -0.39 is 30.0 Å². The lowest BCUT2D eigenvalue weighted by atomic mass is 9.92. The molecule has 1 aliphatic rings. The van der Waals surface area contributed by atoms with E-state index in [0.717, 1.165) is 29.0 Å². The third-order valence-corrected chi connectivity index (χ3v) is 5.73. The highest BCUT2D eigenvalue weighted by Gasteiger charge is 2.42. The summed E-state index contributed by atoms with van der Waals surface area (Å²) >= 11 is 0. The summed E-state index contributed by atoms with van der Waals surface area (Å²) in [6.07, 6.45) is -6.09. The van der Waals surface area contributed by atoms with Crippen molar-refractivity contribution in [2.45, 2.75) is 43.3 Å². The lowest BCUT2D eigenvalue weighted by Crippen LogP contribution is -2.42. The molecule has 154 valence electrons. The summed E-state index contributed by atoms with van der Waals surface area (Å²) in [7, 11) is 1.90. The van der Waals surface area contributed by atoms with Crippen LogP contribution in [0.1, 0.15) is 29.3 Å². The van der Waals surface area contributed by atoms with Gasteiger partial charge in [0.05, 0.1) is 35.3 Å². The first kappa shape index (κ1) is 19.9. The number of rotatable bonds is 4. The number of nitrogens with zero attached hydrogens (tertiary/aromatic N) is 2. The Morgan fingerprint density at radius 2 is 1.79 bits per heavy atom. The summed E-state index contributed by atoms with van der Waals surface area (Å²) in [6.45, 7) is 0.358. The van der Waals surface area contributed by atoms with Crippen LogP contribution >= 0.6 is 0 Å². The zero-order valence-corrected chi connectivity index (χ0v) is 15.8. The zero-order valence-electron chi connectivity index (χ0n) is 15.8. The number of fused-ring (bicyclic) bond motifs is 1. The Morgan fingerprint density at radius 3 is 2.45 bits per heavy atom. The molecule has 1 aromatic heterocycles. The first-order valence-electron chi connectivity index (χ1n) is 9.42. The molecule has 8 heteroatoms. The predicted octanol–water partition coefficient (Wildman–Crippen LogP) is 2.96. The summed E-state index contributed by atoms with van der Waals surface area (Å²) < 4.78 is 40.4. The van der Waals surface area contributed by atoms with E-state index in [-0.39, 0.29) is 12.3 Å². The molecule has 0 bridgehead atoms. The van der Waals surface area contributed by atoms with Crippen molar-refractivity contribution in [1.82, 2.24) is 14.9 Å². The van der Waals surface area contributed by atoms with E-state index in [0.29, 0.717) is 12.1 Å². The van der Waals surface area contributed by atoms with E-state index in [1.165, 1.54) is 12.1 Å². The lowest BCUT2D eigenvalue weighted by molar-refractivity contribution is -0.137. The fourth-order valence-corrected chi connectivity index (χ4v) is 4.11. The van der Waals surface area contributed by atoms with Gasteiger partial charge in [0.2, 0.25) is 0 Å². The van der Waals surface area contributed by atoms with Crippen molar-refractivity contribution >= 4 is 11.0 Å². The Labute approximate surface area is 165 Å². The van der Waals surface area contributed by atoms with Crippen molar-refractivity contribution in [3.63, 3.8) is 0 Å². The second-order valence-corrected chi connectivity index (χ2v) is 7.50. The van der Waals surface area contributed by atoms with Crippen molar-refractivity contribution in [3.05, 3.63) is 65.5 Å². The molecule has 4 rings (SSSR count). The minimum atomic E-state index is -4.40. The predicted molar refractivity (Wildman–Crippen MR) is 102 cm³/mol. The second kappa shape index (κ2) is 7.44. The van der Waals surface area contributed by atoms with E-state index in [1.807, 2.05) is 35.9 Å². The Bertz CT molecular complexity index is 1000. The van der Waals surface area contributed by atoms with Crippen molar-refractivity contribution in [1.29, 1.82) is 0 Å². The standard InChI is InChI=1S/C21H22F3N3O2/c1-27-16-5-3-2-4-15(16)26-18(27)11-25-19-14(10-17(28)20(19)29)12-6-8-13(9-7-12)21(22,23)24/h2-9,14,17,19-20,25,28-29H,10-11H2,1H3/t14-,17-,19-,20-/m1/s1. The zero-order chi connectivity index (χ0) is 20.8. The summed E-state index contributed by atoms with van der Waals surface area (Å²) in [5, 5.41) is 23.9. The fraction of sp³-hybridized carbons (Fsp3) is 0.381. The number of alkyl halides is 3. The molecule has 1 fully saturated rings. The van der Waals surface area contributed by atoms with Gasteiger partial charge in [-0.25, -0.2) is 4.98 Å². The molecular weight excluding hydrogens is 383 g/mol. The molecule has 1 saturated carbocycles. The number of aryl methyl sites for hydroxylation is 1. The molecule has 5 nitrogen and oxygen atoms in total. The van der Waals surface area contributed by atoms with E-state index in [9.17, 15) is 23.4 Å². The lowest BCUT2D eigenvalue weighted by Gasteiger charge is -2.24. The van der Waals surface area contributed by atoms with Crippen LogP contribution in [0.2, 0.25) is 0 Å². The number of aliphatic hydroxyl groups is 2. The smallest absolute Gasteiger partial charge is 0.390 e. The molecule has 3 aromatic rings. The molecule has 1 heterocycles. The van der Waals surface area contributed by atoms with E-state index in [4.69, 9.17) is 0 Å². The molecule has 0 radical (unpaired) electrons. The maximum Gasteiger partial charge on any atom is 0.416 e. The quantitative estimate of drug-likeness (QED) is 0.624. The Kier molecular flexibility index (Phi) is 5.10. The third kappa shape index (κ3) is 3.75. The van der Waals surface area contributed by atoms with Crippen LogP contribution in [0.15, 0.2) is 48.5 Å². The molecule has 0 saturated heterocycles. The molecular formula is C21H22F3N3O2. The average Bonchev–Trinajstić information content (AvgIpc) is 3.16. The molecule has 0 aliphatic heterocycles. The summed E-state index contributed by atoms with van der Waals surface area (Å²) in [5.41, 5.74) is 1.77. The SMILES string of the molecule is Cn1c(CN[C@H]2[C@H](O)[C@H](O)C[C@@H]2c2ccc(C(F)(F)F)cc2)nc2ccccc21. The minimum absolute atomic E-state index is 0.271. The molecule has 2 aromatic carbocycles. The van der Waals surface area contributed by atoms with Gasteiger partial charge in [0.15, 0.2) is 0 Å².